The molecular formula is C21H29O3Se2. The zero-order valence-electron chi connectivity index (χ0n) is 15.8. The molecule has 4 fully saturated rings. The number of ether oxygens (including phenoxy) is 3. The standard InChI is InChI=1S/C21H29O3Se2/c1-14-5-19(24-13-23-4-3-22-2)18(9-20(14)26-25)21-10-15-6-16(11-21)8-17(7-15)12-21/h5,9,15-17H,3-4,6-8,10-13H2,1-2H3. The van der Waals surface area contributed by atoms with E-state index in [1.807, 2.05) is 0 Å². The Morgan fingerprint density at radius 2 is 1.73 bits per heavy atom. The van der Waals surface area contributed by atoms with Crippen molar-refractivity contribution in [3.05, 3.63) is 23.3 Å². The van der Waals surface area contributed by atoms with Gasteiger partial charge in [-0.2, -0.15) is 0 Å². The van der Waals surface area contributed by atoms with Crippen LogP contribution in [0.1, 0.15) is 49.7 Å². The Bertz CT molecular complexity index is 611. The fourth-order valence-corrected chi connectivity index (χ4v) is 8.74. The number of hydrogen-bond acceptors (Lipinski definition) is 3. The van der Waals surface area contributed by atoms with E-state index in [0.717, 1.165) is 23.5 Å². The van der Waals surface area contributed by atoms with E-state index in [9.17, 15) is 0 Å². The summed E-state index contributed by atoms with van der Waals surface area (Å²) in [5.41, 5.74) is 3.17. The van der Waals surface area contributed by atoms with Crippen molar-refractivity contribution < 1.29 is 14.2 Å². The Morgan fingerprint density at radius 3 is 2.31 bits per heavy atom. The normalized spacial score (nSPS) is 32.2. The summed E-state index contributed by atoms with van der Waals surface area (Å²) >= 11 is 3.67. The maximum atomic E-state index is 6.17. The molecule has 0 heterocycles. The number of hydrogen-bond donors (Lipinski definition) is 0. The molecule has 4 bridgehead atoms. The zero-order chi connectivity index (χ0) is 18.1. The molecule has 4 saturated carbocycles. The van der Waals surface area contributed by atoms with Crippen LogP contribution in [-0.4, -0.2) is 54.4 Å². The van der Waals surface area contributed by atoms with Crippen LogP contribution in [-0.2, 0) is 14.9 Å². The Kier molecular flexibility index (Phi) is 6.05. The molecule has 4 aliphatic rings. The second kappa shape index (κ2) is 8.15. The molecule has 3 nitrogen and oxygen atoms in total. The van der Waals surface area contributed by atoms with Crippen LogP contribution in [0.5, 0.6) is 5.75 Å². The fourth-order valence-electron chi connectivity index (χ4n) is 6.03. The zero-order valence-corrected chi connectivity index (χ0v) is 19.2. The van der Waals surface area contributed by atoms with E-state index in [-0.39, 0.29) is 0 Å². The predicted octanol–water partition coefficient (Wildman–Crippen LogP) is 2.88. The van der Waals surface area contributed by atoms with Crippen LogP contribution in [0, 0.1) is 24.7 Å². The summed E-state index contributed by atoms with van der Waals surface area (Å²) in [6.45, 7) is 3.70. The maximum absolute atomic E-state index is 6.17. The number of benzene rings is 1. The van der Waals surface area contributed by atoms with Gasteiger partial charge in [0.05, 0.1) is 0 Å². The van der Waals surface area contributed by atoms with Crippen molar-refractivity contribution >= 4 is 31.8 Å². The predicted molar refractivity (Wildman–Crippen MR) is 105 cm³/mol. The molecule has 5 heteroatoms. The second-order valence-corrected chi connectivity index (χ2v) is 11.6. The van der Waals surface area contributed by atoms with E-state index in [2.05, 4.69) is 33.2 Å². The molecule has 143 valence electrons. The molecule has 0 aromatic heterocycles. The molecule has 1 aromatic rings. The first-order chi connectivity index (χ1) is 12.6. The van der Waals surface area contributed by atoms with Gasteiger partial charge >= 0.3 is 171 Å². The van der Waals surface area contributed by atoms with Gasteiger partial charge in [-0.15, -0.1) is 0 Å². The Morgan fingerprint density at radius 1 is 1.08 bits per heavy atom. The molecule has 0 aliphatic heterocycles. The number of rotatable bonds is 8. The van der Waals surface area contributed by atoms with Gasteiger partial charge < -0.3 is 0 Å². The molecule has 1 aromatic carbocycles. The van der Waals surface area contributed by atoms with Crippen molar-refractivity contribution in [3.8, 4) is 5.75 Å². The summed E-state index contributed by atoms with van der Waals surface area (Å²) in [5, 5.41) is 0. The van der Waals surface area contributed by atoms with Crippen molar-refractivity contribution in [1.82, 2.24) is 0 Å². The van der Waals surface area contributed by atoms with E-state index in [0.29, 0.717) is 38.6 Å². The van der Waals surface area contributed by atoms with E-state index in [4.69, 9.17) is 14.2 Å². The molecule has 26 heavy (non-hydrogen) atoms. The summed E-state index contributed by atoms with van der Waals surface area (Å²) in [6.07, 6.45) is 8.51. The van der Waals surface area contributed by atoms with Crippen molar-refractivity contribution in [3.63, 3.8) is 0 Å². The van der Waals surface area contributed by atoms with Gasteiger partial charge in [-0.1, -0.05) is 0 Å². The Balaban J connectivity index is 1.61. The van der Waals surface area contributed by atoms with Gasteiger partial charge in [-0.3, -0.25) is 0 Å². The Labute approximate surface area is 170 Å². The van der Waals surface area contributed by atoms with E-state index >= 15 is 0 Å². The van der Waals surface area contributed by atoms with Crippen LogP contribution < -0.4 is 9.20 Å². The number of methoxy groups -OCH3 is 1. The van der Waals surface area contributed by atoms with Crippen molar-refractivity contribution in [1.29, 1.82) is 0 Å². The molecule has 0 unspecified atom stereocenters. The van der Waals surface area contributed by atoms with Crippen LogP contribution in [0.3, 0.4) is 0 Å². The number of aryl methyl sites for hydroxylation is 1. The molecule has 0 spiro atoms. The molecule has 4 aliphatic carbocycles. The van der Waals surface area contributed by atoms with Crippen molar-refractivity contribution in [2.24, 2.45) is 17.8 Å². The quantitative estimate of drug-likeness (QED) is 0.321. The van der Waals surface area contributed by atoms with Crippen LogP contribution in [0.2, 0.25) is 0 Å². The van der Waals surface area contributed by atoms with Gasteiger partial charge in [0.1, 0.15) is 0 Å². The van der Waals surface area contributed by atoms with Gasteiger partial charge in [-0.05, 0) is 0 Å². The monoisotopic (exact) mass is 489 g/mol. The topological polar surface area (TPSA) is 27.7 Å². The van der Waals surface area contributed by atoms with Crippen LogP contribution >= 0.6 is 0 Å². The molecule has 0 atom stereocenters. The average molecular weight is 487 g/mol. The van der Waals surface area contributed by atoms with Crippen molar-refractivity contribution in [2.75, 3.05) is 27.1 Å². The van der Waals surface area contributed by atoms with Gasteiger partial charge in [0.2, 0.25) is 0 Å². The molecule has 1 radical (unpaired) electrons. The first-order valence-corrected chi connectivity index (χ1v) is 15.0. The molecule has 0 saturated heterocycles. The molecule has 5 rings (SSSR count). The third kappa shape index (κ3) is 3.77. The first kappa shape index (κ1) is 19.3. The van der Waals surface area contributed by atoms with Crippen LogP contribution in [0.15, 0.2) is 12.1 Å². The second-order valence-electron chi connectivity index (χ2n) is 8.56. The summed E-state index contributed by atoms with van der Waals surface area (Å²) < 4.78 is 18.3. The van der Waals surface area contributed by atoms with Gasteiger partial charge in [-0.25, -0.2) is 0 Å². The molecule has 0 amide bonds. The Hall–Kier alpha value is -0.0210. The van der Waals surface area contributed by atoms with Crippen LogP contribution in [0.4, 0.5) is 0 Å². The average Bonchev–Trinajstić information content (AvgIpc) is 2.60. The minimum absolute atomic E-state index is 0.310. The molecule has 0 N–H and O–H groups in total. The fraction of sp³-hybridized carbons (Fsp3) is 0.714. The van der Waals surface area contributed by atoms with Crippen molar-refractivity contribution in [2.45, 2.75) is 50.9 Å². The molecular weight excluding hydrogens is 458 g/mol. The first-order valence-electron chi connectivity index (χ1n) is 9.78. The SMILES string of the molecule is COCCOCOc1cc(C)c([Se][Se])cc1C12CC3CC(CC(C3)C1)C2. The third-order valence-electron chi connectivity index (χ3n) is 6.71. The summed E-state index contributed by atoms with van der Waals surface area (Å²) in [7, 11) is 1.70. The van der Waals surface area contributed by atoms with E-state index < -0.39 is 0 Å². The summed E-state index contributed by atoms with van der Waals surface area (Å²) in [4.78, 5) is 0. The van der Waals surface area contributed by atoms with E-state index in [1.165, 1.54) is 54.1 Å². The van der Waals surface area contributed by atoms with Gasteiger partial charge in [0.25, 0.3) is 0 Å². The minimum atomic E-state index is 0.310. The van der Waals surface area contributed by atoms with Gasteiger partial charge in [0.15, 0.2) is 0 Å². The third-order valence-corrected chi connectivity index (χ3v) is 9.96. The summed E-state index contributed by atoms with van der Waals surface area (Å²) in [5.74, 6) is 3.89. The van der Waals surface area contributed by atoms with E-state index in [1.54, 1.807) is 7.11 Å². The van der Waals surface area contributed by atoms with Gasteiger partial charge in [0, 0.05) is 0 Å². The summed E-state index contributed by atoms with van der Waals surface area (Å²) in [6, 6.07) is 4.74. The van der Waals surface area contributed by atoms with Crippen LogP contribution in [0.25, 0.3) is 0 Å².